The Morgan fingerprint density at radius 3 is 2.75 bits per heavy atom. The molecule has 28 heavy (non-hydrogen) atoms. The zero-order valence-electron chi connectivity index (χ0n) is 15.5. The molecule has 1 unspecified atom stereocenters. The summed E-state index contributed by atoms with van der Waals surface area (Å²) in [5.41, 5.74) is -0.402. The Kier molecular flexibility index (Phi) is 6.82. The first kappa shape index (κ1) is 21.5. The number of carbonyl (C=O) groups is 3. The molecule has 1 aromatic rings. The van der Waals surface area contributed by atoms with Crippen molar-refractivity contribution in [3.8, 4) is 0 Å². The summed E-state index contributed by atoms with van der Waals surface area (Å²) < 4.78 is 38.6. The zero-order chi connectivity index (χ0) is 20.9. The number of nitrogens with one attached hydrogen (secondary N) is 1. The first-order valence-corrected chi connectivity index (χ1v) is 8.73. The van der Waals surface area contributed by atoms with Gasteiger partial charge in [0, 0.05) is 20.1 Å². The molecule has 0 saturated carbocycles. The van der Waals surface area contributed by atoms with Gasteiger partial charge in [-0.3, -0.25) is 14.4 Å². The average molecular weight is 397 g/mol. The van der Waals surface area contributed by atoms with Crippen LogP contribution < -0.4 is 5.32 Å². The summed E-state index contributed by atoms with van der Waals surface area (Å²) in [5, 5.41) is 2.59. The Labute approximate surface area is 161 Å². The second kappa shape index (κ2) is 8.90. The van der Waals surface area contributed by atoms with E-state index in [1.165, 1.54) is 24.1 Å². The number of nitrogens with zero attached hydrogens (tertiary/aromatic N) is 2. The minimum atomic E-state index is -4.45. The standard InChI is InChI=1S/C19H22F3N3O3/c1-3-17(27)24(2)12-16(26)23-15-8-5-9-25(18(15)28)11-13-6-4-7-14(10-13)19(20,21)22/h3-4,6-7,10,15H,1,5,8-9,11-12H2,2H3,(H,23,26). The number of hydrogen-bond donors (Lipinski definition) is 1. The SMILES string of the molecule is C=CC(=O)N(C)CC(=O)NC1CCCN(Cc2cccc(C(F)(F)F)c2)C1=O. The van der Waals surface area contributed by atoms with Gasteiger partial charge < -0.3 is 15.1 Å². The van der Waals surface area contributed by atoms with Gasteiger partial charge in [-0.15, -0.1) is 0 Å². The average Bonchev–Trinajstić information content (AvgIpc) is 2.63. The summed E-state index contributed by atoms with van der Waals surface area (Å²) in [5.74, 6) is -1.26. The third kappa shape index (κ3) is 5.58. The number of carbonyl (C=O) groups excluding carboxylic acids is 3. The van der Waals surface area contributed by atoms with Gasteiger partial charge >= 0.3 is 6.18 Å². The van der Waals surface area contributed by atoms with Gasteiger partial charge in [0.15, 0.2) is 0 Å². The molecule has 1 fully saturated rings. The molecule has 1 atom stereocenters. The molecule has 2 rings (SSSR count). The van der Waals surface area contributed by atoms with Crippen LogP contribution in [0.5, 0.6) is 0 Å². The van der Waals surface area contributed by atoms with E-state index in [2.05, 4.69) is 11.9 Å². The molecule has 1 heterocycles. The van der Waals surface area contributed by atoms with Crippen molar-refractivity contribution in [1.29, 1.82) is 0 Å². The number of likely N-dealkylation sites (tertiary alicyclic amines) is 1. The molecule has 0 aliphatic carbocycles. The fourth-order valence-electron chi connectivity index (χ4n) is 2.99. The zero-order valence-corrected chi connectivity index (χ0v) is 15.5. The van der Waals surface area contributed by atoms with Gasteiger partial charge in [0.25, 0.3) is 0 Å². The van der Waals surface area contributed by atoms with Crippen LogP contribution in [0.15, 0.2) is 36.9 Å². The van der Waals surface area contributed by atoms with Crippen molar-refractivity contribution in [2.24, 2.45) is 0 Å². The third-order valence-electron chi connectivity index (χ3n) is 4.43. The van der Waals surface area contributed by atoms with Crippen LogP contribution in [0.2, 0.25) is 0 Å². The normalized spacial score (nSPS) is 17.2. The number of alkyl halides is 3. The van der Waals surface area contributed by atoms with Gasteiger partial charge in [-0.25, -0.2) is 0 Å². The lowest BCUT2D eigenvalue weighted by atomic mass is 10.0. The van der Waals surface area contributed by atoms with E-state index in [0.717, 1.165) is 23.1 Å². The summed E-state index contributed by atoms with van der Waals surface area (Å²) in [6.45, 7) is 3.54. The van der Waals surface area contributed by atoms with Crippen molar-refractivity contribution in [3.05, 3.63) is 48.0 Å². The Morgan fingerprint density at radius 1 is 1.39 bits per heavy atom. The van der Waals surface area contributed by atoms with Crippen LogP contribution in [0.3, 0.4) is 0 Å². The van der Waals surface area contributed by atoms with Gasteiger partial charge in [-0.05, 0) is 36.6 Å². The lowest BCUT2D eigenvalue weighted by Crippen LogP contribution is -2.53. The molecule has 9 heteroatoms. The van der Waals surface area contributed by atoms with Crippen LogP contribution in [0.1, 0.15) is 24.0 Å². The van der Waals surface area contributed by atoms with E-state index < -0.39 is 29.6 Å². The number of likely N-dealkylation sites (N-methyl/N-ethyl adjacent to an activating group) is 1. The van der Waals surface area contributed by atoms with Crippen molar-refractivity contribution in [3.63, 3.8) is 0 Å². The first-order valence-electron chi connectivity index (χ1n) is 8.73. The van der Waals surface area contributed by atoms with E-state index in [9.17, 15) is 27.6 Å². The molecule has 152 valence electrons. The second-order valence-corrected chi connectivity index (χ2v) is 6.62. The fraction of sp³-hybridized carbons (Fsp3) is 0.421. The van der Waals surface area contributed by atoms with E-state index in [-0.39, 0.29) is 19.0 Å². The molecule has 1 aromatic carbocycles. The number of benzene rings is 1. The first-order chi connectivity index (χ1) is 13.1. The van der Waals surface area contributed by atoms with Crippen LogP contribution in [-0.2, 0) is 27.1 Å². The number of rotatable bonds is 6. The smallest absolute Gasteiger partial charge is 0.343 e. The van der Waals surface area contributed by atoms with E-state index in [1.54, 1.807) is 0 Å². The predicted octanol–water partition coefficient (Wildman–Crippen LogP) is 1.96. The van der Waals surface area contributed by atoms with Crippen molar-refractivity contribution in [2.45, 2.75) is 31.6 Å². The van der Waals surface area contributed by atoms with E-state index in [1.807, 2.05) is 0 Å². The highest BCUT2D eigenvalue weighted by Crippen LogP contribution is 2.30. The topological polar surface area (TPSA) is 69.7 Å². The lowest BCUT2D eigenvalue weighted by Gasteiger charge is -2.33. The number of hydrogen-bond acceptors (Lipinski definition) is 3. The summed E-state index contributed by atoms with van der Waals surface area (Å²) in [6.07, 6.45) is -2.33. The summed E-state index contributed by atoms with van der Waals surface area (Å²) in [7, 11) is 1.44. The molecule has 1 aliphatic rings. The molecular weight excluding hydrogens is 375 g/mol. The van der Waals surface area contributed by atoms with Gasteiger partial charge in [-0.2, -0.15) is 13.2 Å². The molecule has 0 radical (unpaired) electrons. The van der Waals surface area contributed by atoms with Crippen LogP contribution >= 0.6 is 0 Å². The van der Waals surface area contributed by atoms with Crippen molar-refractivity contribution in [1.82, 2.24) is 15.1 Å². The van der Waals surface area contributed by atoms with Gasteiger partial charge in [0.1, 0.15) is 6.04 Å². The maximum absolute atomic E-state index is 12.9. The van der Waals surface area contributed by atoms with Crippen LogP contribution in [0, 0.1) is 0 Å². The molecule has 0 aromatic heterocycles. The monoisotopic (exact) mass is 397 g/mol. The van der Waals surface area contributed by atoms with Crippen LogP contribution in [-0.4, -0.2) is 53.7 Å². The highest BCUT2D eigenvalue weighted by Gasteiger charge is 2.32. The fourth-order valence-corrected chi connectivity index (χ4v) is 2.99. The summed E-state index contributed by atoms with van der Waals surface area (Å²) in [6, 6.07) is 4.06. The second-order valence-electron chi connectivity index (χ2n) is 6.62. The predicted molar refractivity (Wildman–Crippen MR) is 95.9 cm³/mol. The van der Waals surface area contributed by atoms with Crippen molar-refractivity contribution >= 4 is 17.7 Å². The van der Waals surface area contributed by atoms with Gasteiger partial charge in [0.2, 0.25) is 17.7 Å². The van der Waals surface area contributed by atoms with Crippen molar-refractivity contribution < 1.29 is 27.6 Å². The Morgan fingerprint density at radius 2 is 2.11 bits per heavy atom. The Bertz CT molecular complexity index is 764. The minimum absolute atomic E-state index is 0.0317. The molecule has 0 bridgehead atoms. The van der Waals surface area contributed by atoms with Crippen molar-refractivity contribution in [2.75, 3.05) is 20.1 Å². The molecule has 6 nitrogen and oxygen atoms in total. The summed E-state index contributed by atoms with van der Waals surface area (Å²) >= 11 is 0. The molecule has 3 amide bonds. The lowest BCUT2D eigenvalue weighted by molar-refractivity contribution is -0.140. The molecule has 1 aliphatic heterocycles. The molecule has 1 saturated heterocycles. The molecule has 0 spiro atoms. The summed E-state index contributed by atoms with van der Waals surface area (Å²) in [4.78, 5) is 38.7. The van der Waals surface area contributed by atoms with E-state index in [0.29, 0.717) is 24.9 Å². The van der Waals surface area contributed by atoms with Gasteiger partial charge in [-0.1, -0.05) is 18.7 Å². The maximum Gasteiger partial charge on any atom is 0.416 e. The van der Waals surface area contributed by atoms with Gasteiger partial charge in [0.05, 0.1) is 12.1 Å². The van der Waals surface area contributed by atoms with Crippen LogP contribution in [0.4, 0.5) is 13.2 Å². The number of piperidine rings is 1. The highest BCUT2D eigenvalue weighted by atomic mass is 19.4. The number of halogens is 3. The number of amides is 3. The quantitative estimate of drug-likeness (QED) is 0.746. The Balaban J connectivity index is 1.99. The van der Waals surface area contributed by atoms with Crippen LogP contribution in [0.25, 0.3) is 0 Å². The third-order valence-corrected chi connectivity index (χ3v) is 4.43. The highest BCUT2D eigenvalue weighted by molar-refractivity contribution is 5.92. The largest absolute Gasteiger partial charge is 0.416 e. The van der Waals surface area contributed by atoms with E-state index in [4.69, 9.17) is 0 Å². The molecule has 1 N–H and O–H groups in total. The maximum atomic E-state index is 12.9. The molecular formula is C19H22F3N3O3. The van der Waals surface area contributed by atoms with E-state index >= 15 is 0 Å². The Hall–Kier alpha value is -2.84. The minimum Gasteiger partial charge on any atom is -0.343 e.